The molecular weight excluding hydrogens is 310 g/mol. The molecule has 8 nitrogen and oxygen atoms in total. The lowest BCUT2D eigenvalue weighted by Crippen LogP contribution is -2.47. The maximum Gasteiger partial charge on any atom is 0.234 e. The fraction of sp³-hybridized carbons (Fsp3) is 0.812. The van der Waals surface area contributed by atoms with Crippen LogP contribution in [0.4, 0.5) is 0 Å². The van der Waals surface area contributed by atoms with Gasteiger partial charge in [0, 0.05) is 38.8 Å². The second-order valence-electron chi connectivity index (χ2n) is 6.44. The highest BCUT2D eigenvalue weighted by atomic mass is 16.5. The Morgan fingerprint density at radius 2 is 2.21 bits per heavy atom. The Morgan fingerprint density at radius 1 is 1.38 bits per heavy atom. The minimum absolute atomic E-state index is 0.0733. The van der Waals surface area contributed by atoms with Crippen molar-refractivity contribution < 1.29 is 14.3 Å². The molecule has 3 heterocycles. The summed E-state index contributed by atoms with van der Waals surface area (Å²) >= 11 is 0. The van der Waals surface area contributed by atoms with Gasteiger partial charge in [-0.1, -0.05) is 6.92 Å². The molecule has 0 spiro atoms. The molecule has 2 aliphatic rings. The third-order valence-corrected chi connectivity index (χ3v) is 4.43. The van der Waals surface area contributed by atoms with Crippen molar-refractivity contribution in [3.63, 3.8) is 0 Å². The van der Waals surface area contributed by atoms with Gasteiger partial charge in [0.15, 0.2) is 5.82 Å². The van der Waals surface area contributed by atoms with Crippen molar-refractivity contribution in [1.29, 1.82) is 0 Å². The summed E-state index contributed by atoms with van der Waals surface area (Å²) in [4.78, 5) is 18.8. The van der Waals surface area contributed by atoms with Crippen molar-refractivity contribution in [3.05, 3.63) is 11.6 Å². The summed E-state index contributed by atoms with van der Waals surface area (Å²) in [7, 11) is 0. The summed E-state index contributed by atoms with van der Waals surface area (Å²) in [6.07, 6.45) is 3.54. The molecule has 0 bridgehead atoms. The Bertz CT molecular complexity index is 530. The zero-order valence-electron chi connectivity index (χ0n) is 14.3. The van der Waals surface area contributed by atoms with Gasteiger partial charge in [-0.2, -0.15) is 5.10 Å². The molecule has 0 aromatic carbocycles. The van der Waals surface area contributed by atoms with Gasteiger partial charge >= 0.3 is 0 Å². The normalized spacial score (nSPS) is 23.3. The molecule has 8 heteroatoms. The van der Waals surface area contributed by atoms with Crippen LogP contribution < -0.4 is 5.32 Å². The number of nitrogens with one attached hydrogen (secondary N) is 2. The minimum atomic E-state index is -0.170. The predicted octanol–water partition coefficient (Wildman–Crippen LogP) is 0.426. The standard InChI is InChI=1S/C16H27N5O3/c1-2-3-14-18-16(20-19-14)13-10-21(6-9-24-13)11-15(22)17-12-4-7-23-8-5-12/h12-13H,2-11H2,1H3,(H,17,22)(H,18,19,20). The largest absolute Gasteiger partial charge is 0.381 e. The SMILES string of the molecule is CCCc1nc(C2CN(CC(=O)NC3CCOCC3)CCO2)n[nH]1. The third kappa shape index (κ3) is 4.75. The molecule has 2 fully saturated rings. The van der Waals surface area contributed by atoms with Crippen molar-refractivity contribution >= 4 is 5.91 Å². The molecule has 2 saturated heterocycles. The molecule has 134 valence electrons. The Balaban J connectivity index is 1.48. The summed E-state index contributed by atoms with van der Waals surface area (Å²) < 4.78 is 11.1. The van der Waals surface area contributed by atoms with E-state index in [0.29, 0.717) is 25.5 Å². The van der Waals surface area contributed by atoms with Crippen molar-refractivity contribution in [2.24, 2.45) is 0 Å². The van der Waals surface area contributed by atoms with E-state index in [1.165, 1.54) is 0 Å². The number of morpholine rings is 1. The fourth-order valence-electron chi connectivity index (χ4n) is 3.12. The van der Waals surface area contributed by atoms with E-state index in [1.54, 1.807) is 0 Å². The number of H-pyrrole nitrogens is 1. The summed E-state index contributed by atoms with van der Waals surface area (Å²) in [5.74, 6) is 1.66. The number of amides is 1. The number of hydrogen-bond donors (Lipinski definition) is 2. The molecule has 0 radical (unpaired) electrons. The average molecular weight is 337 g/mol. The topological polar surface area (TPSA) is 92.4 Å². The maximum absolute atomic E-state index is 12.2. The van der Waals surface area contributed by atoms with Gasteiger partial charge in [0.2, 0.25) is 5.91 Å². The first-order valence-electron chi connectivity index (χ1n) is 8.87. The van der Waals surface area contributed by atoms with Crippen LogP contribution in [0.15, 0.2) is 0 Å². The molecular formula is C16H27N5O3. The lowest BCUT2D eigenvalue weighted by molar-refractivity contribution is -0.125. The Labute approximate surface area is 142 Å². The number of hydrogen-bond acceptors (Lipinski definition) is 6. The van der Waals surface area contributed by atoms with Gasteiger partial charge in [-0.3, -0.25) is 14.8 Å². The lowest BCUT2D eigenvalue weighted by atomic mass is 10.1. The highest BCUT2D eigenvalue weighted by Gasteiger charge is 2.27. The van der Waals surface area contributed by atoms with E-state index in [0.717, 1.165) is 51.3 Å². The second-order valence-corrected chi connectivity index (χ2v) is 6.44. The van der Waals surface area contributed by atoms with Gasteiger partial charge in [-0.25, -0.2) is 4.98 Å². The Morgan fingerprint density at radius 3 is 3.00 bits per heavy atom. The Kier molecular flexibility index (Phi) is 6.17. The average Bonchev–Trinajstić information content (AvgIpc) is 3.05. The van der Waals surface area contributed by atoms with Gasteiger partial charge in [0.05, 0.1) is 13.2 Å². The van der Waals surface area contributed by atoms with E-state index in [-0.39, 0.29) is 18.1 Å². The summed E-state index contributed by atoms with van der Waals surface area (Å²) in [6, 6.07) is 0.243. The lowest BCUT2D eigenvalue weighted by Gasteiger charge is -2.31. The van der Waals surface area contributed by atoms with E-state index in [4.69, 9.17) is 9.47 Å². The molecule has 2 N–H and O–H groups in total. The van der Waals surface area contributed by atoms with E-state index in [2.05, 4.69) is 32.3 Å². The van der Waals surface area contributed by atoms with Gasteiger partial charge in [-0.15, -0.1) is 0 Å². The van der Waals surface area contributed by atoms with Gasteiger partial charge in [0.1, 0.15) is 11.9 Å². The second kappa shape index (κ2) is 8.55. The molecule has 3 rings (SSSR count). The van der Waals surface area contributed by atoms with Gasteiger partial charge in [-0.05, 0) is 19.3 Å². The number of rotatable bonds is 6. The monoisotopic (exact) mass is 337 g/mol. The van der Waals surface area contributed by atoms with Crippen molar-refractivity contribution in [2.75, 3.05) is 39.5 Å². The first-order chi connectivity index (χ1) is 11.7. The van der Waals surface area contributed by atoms with Crippen LogP contribution >= 0.6 is 0 Å². The first-order valence-corrected chi connectivity index (χ1v) is 8.87. The van der Waals surface area contributed by atoms with Crippen LogP contribution in [0.5, 0.6) is 0 Å². The smallest absolute Gasteiger partial charge is 0.234 e. The van der Waals surface area contributed by atoms with E-state index < -0.39 is 0 Å². The van der Waals surface area contributed by atoms with Crippen LogP contribution in [0, 0.1) is 0 Å². The van der Waals surface area contributed by atoms with Crippen LogP contribution in [0.1, 0.15) is 43.9 Å². The van der Waals surface area contributed by atoms with E-state index in [1.807, 2.05) is 0 Å². The molecule has 0 saturated carbocycles. The molecule has 1 aromatic rings. The molecule has 1 atom stereocenters. The number of carbonyl (C=O) groups is 1. The van der Waals surface area contributed by atoms with Gasteiger partial charge < -0.3 is 14.8 Å². The molecule has 24 heavy (non-hydrogen) atoms. The van der Waals surface area contributed by atoms with Crippen LogP contribution in [-0.2, 0) is 20.7 Å². The number of nitrogens with zero attached hydrogens (tertiary/aromatic N) is 3. The first kappa shape index (κ1) is 17.3. The number of carbonyl (C=O) groups excluding carboxylic acids is 1. The van der Waals surface area contributed by atoms with Crippen LogP contribution in [0.25, 0.3) is 0 Å². The van der Waals surface area contributed by atoms with Crippen LogP contribution in [0.2, 0.25) is 0 Å². The predicted molar refractivity (Wildman–Crippen MR) is 87.5 cm³/mol. The highest BCUT2D eigenvalue weighted by molar-refractivity contribution is 5.78. The zero-order chi connectivity index (χ0) is 16.8. The van der Waals surface area contributed by atoms with Crippen LogP contribution in [-0.4, -0.2) is 71.5 Å². The number of aromatic nitrogens is 3. The van der Waals surface area contributed by atoms with E-state index >= 15 is 0 Å². The number of aromatic amines is 1. The van der Waals surface area contributed by atoms with Crippen molar-refractivity contribution in [3.8, 4) is 0 Å². The molecule has 2 aliphatic heterocycles. The summed E-state index contributed by atoms with van der Waals surface area (Å²) in [5, 5.41) is 10.3. The van der Waals surface area contributed by atoms with Gasteiger partial charge in [0.25, 0.3) is 0 Å². The van der Waals surface area contributed by atoms with Crippen molar-refractivity contribution in [2.45, 2.75) is 44.8 Å². The number of aryl methyl sites for hydroxylation is 1. The number of ether oxygens (including phenoxy) is 2. The van der Waals surface area contributed by atoms with Crippen LogP contribution in [0.3, 0.4) is 0 Å². The van der Waals surface area contributed by atoms with Crippen molar-refractivity contribution in [1.82, 2.24) is 25.4 Å². The third-order valence-electron chi connectivity index (χ3n) is 4.43. The van der Waals surface area contributed by atoms with E-state index in [9.17, 15) is 4.79 Å². The Hall–Kier alpha value is -1.51. The molecule has 1 amide bonds. The zero-order valence-corrected chi connectivity index (χ0v) is 14.3. The minimum Gasteiger partial charge on any atom is -0.381 e. The fourth-order valence-corrected chi connectivity index (χ4v) is 3.12. The maximum atomic E-state index is 12.2. The highest BCUT2D eigenvalue weighted by Crippen LogP contribution is 2.19. The summed E-state index contributed by atoms with van der Waals surface area (Å²) in [6.45, 7) is 5.95. The summed E-state index contributed by atoms with van der Waals surface area (Å²) in [5.41, 5.74) is 0. The quantitative estimate of drug-likeness (QED) is 0.782. The molecule has 1 unspecified atom stereocenters. The molecule has 0 aliphatic carbocycles. The molecule has 1 aromatic heterocycles.